The smallest absolute Gasteiger partial charge is 0.417 e. The van der Waals surface area contributed by atoms with Crippen molar-refractivity contribution < 1.29 is 19.1 Å². The van der Waals surface area contributed by atoms with E-state index < -0.39 is 6.09 Å². The molecule has 25 heavy (non-hydrogen) atoms. The van der Waals surface area contributed by atoms with Crippen LogP contribution < -0.4 is 0 Å². The summed E-state index contributed by atoms with van der Waals surface area (Å²) in [6.45, 7) is 1.09. The number of ether oxygens (including phenoxy) is 1. The van der Waals surface area contributed by atoms with Gasteiger partial charge in [0, 0.05) is 31.1 Å². The molecule has 2 aliphatic heterocycles. The predicted molar refractivity (Wildman–Crippen MR) is 86.5 cm³/mol. The molecule has 0 spiro atoms. The largest absolute Gasteiger partial charge is 0.439 e. The van der Waals surface area contributed by atoms with Crippen molar-refractivity contribution in [1.29, 1.82) is 0 Å². The highest BCUT2D eigenvalue weighted by Gasteiger charge is 2.38. The van der Waals surface area contributed by atoms with Crippen molar-refractivity contribution in [2.45, 2.75) is 0 Å². The average molecular weight is 340 g/mol. The number of hydrogen-bond donors (Lipinski definition) is 1. The molecule has 0 aliphatic carbocycles. The van der Waals surface area contributed by atoms with Crippen molar-refractivity contribution in [1.82, 2.24) is 20.0 Å². The Morgan fingerprint density at radius 3 is 2.68 bits per heavy atom. The number of nitrogens with zero attached hydrogens (tertiary/aromatic N) is 3. The topological polar surface area (TPSA) is 95.6 Å². The fourth-order valence-corrected chi connectivity index (χ4v) is 3.03. The van der Waals surface area contributed by atoms with Crippen LogP contribution in [0.4, 0.5) is 4.79 Å². The second-order valence-corrected chi connectivity index (χ2v) is 6.17. The average Bonchev–Trinajstić information content (AvgIpc) is 3.19. The molecular weight excluding hydrogens is 324 g/mol. The van der Waals surface area contributed by atoms with E-state index >= 15 is 0 Å². The fourth-order valence-electron chi connectivity index (χ4n) is 3.03. The van der Waals surface area contributed by atoms with E-state index in [0.717, 1.165) is 10.5 Å². The van der Waals surface area contributed by atoms with E-state index in [9.17, 15) is 14.4 Å². The molecule has 1 aromatic carbocycles. The number of carbonyl (C=O) groups excluding carboxylic acids is 3. The number of aromatic nitrogens is 2. The second-order valence-electron chi connectivity index (χ2n) is 6.17. The number of benzene rings is 1. The number of H-pyrrole nitrogens is 1. The number of nitrogens with one attached hydrogen (secondary N) is 1. The third-order valence-corrected chi connectivity index (χ3v) is 4.40. The number of amides is 3. The number of hydrogen-bond acceptors (Lipinski definition) is 5. The summed E-state index contributed by atoms with van der Waals surface area (Å²) < 4.78 is 4.68. The van der Waals surface area contributed by atoms with Crippen LogP contribution in [0.15, 0.2) is 36.4 Å². The minimum atomic E-state index is -0.601. The van der Waals surface area contributed by atoms with Crippen molar-refractivity contribution in [3.05, 3.63) is 42.1 Å². The van der Waals surface area contributed by atoms with Crippen LogP contribution in [0.25, 0.3) is 11.3 Å². The van der Waals surface area contributed by atoms with Gasteiger partial charge in [0.2, 0.25) is 0 Å². The van der Waals surface area contributed by atoms with Gasteiger partial charge in [0.25, 0.3) is 11.8 Å². The van der Waals surface area contributed by atoms with Crippen molar-refractivity contribution in [2.75, 3.05) is 26.2 Å². The molecule has 4 rings (SSSR count). The Morgan fingerprint density at radius 2 is 2.00 bits per heavy atom. The lowest BCUT2D eigenvalue weighted by molar-refractivity contribution is -0.126. The molecule has 128 valence electrons. The van der Waals surface area contributed by atoms with Crippen LogP contribution in [0.5, 0.6) is 0 Å². The Morgan fingerprint density at radius 1 is 1.24 bits per heavy atom. The van der Waals surface area contributed by atoms with Gasteiger partial charge in [0.1, 0.15) is 5.69 Å². The minimum Gasteiger partial charge on any atom is -0.439 e. The lowest BCUT2D eigenvalue weighted by Crippen LogP contribution is -2.54. The van der Waals surface area contributed by atoms with Gasteiger partial charge in [-0.15, -0.1) is 0 Å². The number of cyclic esters (lactones) is 1. The molecule has 2 aromatic rings. The van der Waals surface area contributed by atoms with Gasteiger partial charge in [-0.05, 0) is 6.07 Å². The van der Waals surface area contributed by atoms with E-state index in [1.807, 2.05) is 30.3 Å². The molecule has 3 heterocycles. The van der Waals surface area contributed by atoms with Crippen LogP contribution in [-0.2, 0) is 9.53 Å². The van der Waals surface area contributed by atoms with E-state index in [2.05, 4.69) is 14.9 Å². The fraction of sp³-hybridized carbons (Fsp3) is 0.294. The van der Waals surface area contributed by atoms with E-state index in [4.69, 9.17) is 0 Å². The van der Waals surface area contributed by atoms with E-state index in [1.54, 1.807) is 11.0 Å². The molecule has 1 aromatic heterocycles. The molecule has 0 atom stereocenters. The highest BCUT2D eigenvalue weighted by molar-refractivity contribution is 5.98. The summed E-state index contributed by atoms with van der Waals surface area (Å²) in [6, 6.07) is 11.3. The highest BCUT2D eigenvalue weighted by atomic mass is 16.6. The number of imide groups is 1. The van der Waals surface area contributed by atoms with Crippen LogP contribution in [0.1, 0.15) is 10.5 Å². The summed E-state index contributed by atoms with van der Waals surface area (Å²) in [5, 5.41) is 6.96. The maximum atomic E-state index is 12.5. The predicted octanol–water partition coefficient (Wildman–Crippen LogP) is 1.13. The Labute approximate surface area is 143 Å². The highest BCUT2D eigenvalue weighted by Crippen LogP contribution is 2.23. The van der Waals surface area contributed by atoms with Gasteiger partial charge in [-0.25, -0.2) is 9.69 Å². The standard InChI is InChI=1S/C17H16N4O4/c22-15-10-25-17(24)21(15)9-11-7-20(8-11)16(23)14-6-13(18-19-14)12-4-2-1-3-5-12/h1-6,11H,7-10H2,(H,18,19). The second kappa shape index (κ2) is 6.04. The van der Waals surface area contributed by atoms with Crippen LogP contribution >= 0.6 is 0 Å². The van der Waals surface area contributed by atoms with Crippen LogP contribution in [0, 0.1) is 5.92 Å². The van der Waals surface area contributed by atoms with Crippen molar-refractivity contribution in [2.24, 2.45) is 5.92 Å². The van der Waals surface area contributed by atoms with Gasteiger partial charge >= 0.3 is 6.09 Å². The van der Waals surface area contributed by atoms with Crippen LogP contribution in [0.2, 0.25) is 0 Å². The van der Waals surface area contributed by atoms with Crippen molar-refractivity contribution in [3.63, 3.8) is 0 Å². The summed E-state index contributed by atoms with van der Waals surface area (Å²) in [4.78, 5) is 38.2. The lowest BCUT2D eigenvalue weighted by atomic mass is 9.99. The van der Waals surface area contributed by atoms with E-state index in [-0.39, 0.29) is 24.3 Å². The molecule has 2 aliphatic rings. The first-order chi connectivity index (χ1) is 12.1. The van der Waals surface area contributed by atoms with E-state index in [0.29, 0.717) is 31.0 Å². The molecule has 0 radical (unpaired) electrons. The molecule has 8 heteroatoms. The Kier molecular flexibility index (Phi) is 3.72. The quantitative estimate of drug-likeness (QED) is 0.900. The molecule has 1 N–H and O–H groups in total. The number of rotatable bonds is 4. The molecule has 3 amide bonds. The Hall–Kier alpha value is -3.16. The van der Waals surface area contributed by atoms with Gasteiger partial charge in [0.05, 0.1) is 5.69 Å². The van der Waals surface area contributed by atoms with Gasteiger partial charge in [-0.3, -0.25) is 14.7 Å². The zero-order valence-corrected chi connectivity index (χ0v) is 13.3. The number of carbonyl (C=O) groups is 3. The molecule has 0 bridgehead atoms. The third kappa shape index (κ3) is 2.86. The van der Waals surface area contributed by atoms with Crippen molar-refractivity contribution >= 4 is 17.9 Å². The van der Waals surface area contributed by atoms with E-state index in [1.165, 1.54) is 0 Å². The monoisotopic (exact) mass is 340 g/mol. The zero-order chi connectivity index (χ0) is 17.4. The first-order valence-electron chi connectivity index (χ1n) is 7.99. The summed E-state index contributed by atoms with van der Waals surface area (Å²) in [6.07, 6.45) is -0.601. The maximum absolute atomic E-state index is 12.5. The first kappa shape index (κ1) is 15.4. The SMILES string of the molecule is O=C(c1cc(-c2ccccc2)n[nH]1)N1CC(CN2C(=O)COC2=O)C1. The van der Waals surface area contributed by atoms with Crippen LogP contribution in [0.3, 0.4) is 0 Å². The molecule has 8 nitrogen and oxygen atoms in total. The Bertz CT molecular complexity index is 810. The lowest BCUT2D eigenvalue weighted by Gasteiger charge is -2.39. The van der Waals surface area contributed by atoms with Gasteiger partial charge in [-0.1, -0.05) is 30.3 Å². The zero-order valence-electron chi connectivity index (χ0n) is 13.3. The molecule has 0 saturated carbocycles. The van der Waals surface area contributed by atoms with Gasteiger partial charge in [-0.2, -0.15) is 5.10 Å². The Balaban J connectivity index is 1.35. The van der Waals surface area contributed by atoms with Crippen LogP contribution in [-0.4, -0.2) is 64.1 Å². The normalized spacial score (nSPS) is 17.6. The third-order valence-electron chi connectivity index (χ3n) is 4.40. The summed E-state index contributed by atoms with van der Waals surface area (Å²) >= 11 is 0. The first-order valence-corrected chi connectivity index (χ1v) is 7.99. The van der Waals surface area contributed by atoms with Crippen molar-refractivity contribution in [3.8, 4) is 11.3 Å². The summed E-state index contributed by atoms with van der Waals surface area (Å²) in [5.41, 5.74) is 2.07. The molecular formula is C17H16N4O4. The number of likely N-dealkylation sites (tertiary alicyclic amines) is 1. The molecule has 2 saturated heterocycles. The van der Waals surface area contributed by atoms with Gasteiger partial charge < -0.3 is 9.64 Å². The summed E-state index contributed by atoms with van der Waals surface area (Å²) in [7, 11) is 0. The van der Waals surface area contributed by atoms with Gasteiger partial charge in [0.15, 0.2) is 6.61 Å². The summed E-state index contributed by atoms with van der Waals surface area (Å²) in [5.74, 6) is -0.382. The number of aromatic amines is 1. The molecule has 0 unspecified atom stereocenters. The molecule has 2 fully saturated rings. The minimum absolute atomic E-state index is 0.0788. The maximum Gasteiger partial charge on any atom is 0.417 e.